The van der Waals surface area contributed by atoms with Crippen molar-refractivity contribution in [1.29, 1.82) is 0 Å². The van der Waals surface area contributed by atoms with Crippen LogP contribution in [-0.2, 0) is 4.79 Å². The monoisotopic (exact) mass is 334 g/mol. The molecule has 0 fully saturated rings. The van der Waals surface area contributed by atoms with E-state index in [9.17, 15) is 4.79 Å². The highest BCUT2D eigenvalue weighted by Gasteiger charge is 2.13. The molecule has 0 saturated carbocycles. The summed E-state index contributed by atoms with van der Waals surface area (Å²) < 4.78 is 7.99. The van der Waals surface area contributed by atoms with Crippen LogP contribution in [0.3, 0.4) is 0 Å². The first-order valence-corrected chi connectivity index (χ1v) is 8.91. The van der Waals surface area contributed by atoms with Gasteiger partial charge in [0.05, 0.1) is 19.9 Å². The Kier molecular flexibility index (Phi) is 4.31. The molecule has 22 heavy (non-hydrogen) atoms. The summed E-state index contributed by atoms with van der Waals surface area (Å²) in [4.78, 5) is 16.4. The molecule has 0 saturated heterocycles. The summed E-state index contributed by atoms with van der Waals surface area (Å²) in [5, 5.41) is 6.96. The van der Waals surface area contributed by atoms with Gasteiger partial charge in [0.15, 0.2) is 6.61 Å². The number of carbonyl (C=O) groups excluding carboxylic acids is 1. The summed E-state index contributed by atoms with van der Waals surface area (Å²) in [6, 6.07) is 4.01. The Balaban J connectivity index is 1.83. The number of carbonyl (C=O) groups is 1. The van der Waals surface area contributed by atoms with Crippen molar-refractivity contribution < 1.29 is 9.53 Å². The van der Waals surface area contributed by atoms with Gasteiger partial charge in [-0.3, -0.25) is 4.79 Å². The van der Waals surface area contributed by atoms with E-state index in [4.69, 9.17) is 4.74 Å². The predicted octanol–water partition coefficient (Wildman–Crippen LogP) is 3.97. The summed E-state index contributed by atoms with van der Waals surface area (Å²) >= 11 is 3.30. The van der Waals surface area contributed by atoms with E-state index in [0.717, 1.165) is 31.1 Å². The molecule has 0 aliphatic rings. The van der Waals surface area contributed by atoms with Crippen LogP contribution >= 0.6 is 22.7 Å². The number of nitrogens with one attached hydrogen (secondary N) is 1. The number of benzene rings is 1. The molecule has 2 heterocycles. The first kappa shape index (κ1) is 15.2. The highest BCUT2D eigenvalue weighted by atomic mass is 32.1. The zero-order valence-corrected chi connectivity index (χ0v) is 14.4. The van der Waals surface area contributed by atoms with Gasteiger partial charge in [-0.2, -0.15) is 0 Å². The summed E-state index contributed by atoms with van der Waals surface area (Å²) in [6.07, 6.45) is 0. The number of fused-ring (bicyclic) bond motifs is 3. The average Bonchev–Trinajstić information content (AvgIpc) is 3.07. The lowest BCUT2D eigenvalue weighted by molar-refractivity contribution is -0.123. The fourth-order valence-electron chi connectivity index (χ4n) is 2.22. The van der Waals surface area contributed by atoms with E-state index in [1.165, 1.54) is 0 Å². The Hall–Kier alpha value is -1.66. The number of rotatable bonds is 5. The minimum Gasteiger partial charge on any atom is -0.483 e. The molecule has 0 spiro atoms. The third kappa shape index (κ3) is 3.08. The van der Waals surface area contributed by atoms with Crippen LogP contribution in [0.4, 0.5) is 0 Å². The number of amides is 1. The summed E-state index contributed by atoms with van der Waals surface area (Å²) in [5.41, 5.74) is 1.03. The Morgan fingerprint density at radius 3 is 3.05 bits per heavy atom. The molecule has 0 bridgehead atoms. The number of ether oxygens (including phenoxy) is 1. The third-order valence-electron chi connectivity index (χ3n) is 3.23. The van der Waals surface area contributed by atoms with Crippen molar-refractivity contribution in [3.63, 3.8) is 0 Å². The summed E-state index contributed by atoms with van der Waals surface area (Å²) in [6.45, 7) is 6.85. The van der Waals surface area contributed by atoms with Gasteiger partial charge < -0.3 is 10.1 Å². The Bertz CT molecular complexity index is 820. The maximum atomic E-state index is 11.8. The topological polar surface area (TPSA) is 51.2 Å². The second-order valence-electron chi connectivity index (χ2n) is 5.60. The molecule has 3 rings (SSSR count). The molecule has 1 N–H and O–H groups in total. The highest BCUT2D eigenvalue weighted by molar-refractivity contribution is 7.21. The number of hydrogen-bond acceptors (Lipinski definition) is 5. The number of hydrogen-bond donors (Lipinski definition) is 1. The summed E-state index contributed by atoms with van der Waals surface area (Å²) in [7, 11) is 0. The lowest BCUT2D eigenvalue weighted by Gasteiger charge is -2.10. The number of thiazole rings is 1. The largest absolute Gasteiger partial charge is 0.483 e. The molecular formula is C16H18N2O2S2. The van der Waals surface area contributed by atoms with Crippen LogP contribution in [0.2, 0.25) is 0 Å². The molecule has 0 aliphatic carbocycles. The first-order valence-electron chi connectivity index (χ1n) is 7.21. The van der Waals surface area contributed by atoms with Gasteiger partial charge in [0.2, 0.25) is 0 Å². The molecule has 116 valence electrons. The normalized spacial score (nSPS) is 11.5. The quantitative estimate of drug-likeness (QED) is 0.768. The van der Waals surface area contributed by atoms with Gasteiger partial charge in [-0.25, -0.2) is 4.98 Å². The van der Waals surface area contributed by atoms with Gasteiger partial charge >= 0.3 is 0 Å². The smallest absolute Gasteiger partial charge is 0.257 e. The molecule has 4 nitrogen and oxygen atoms in total. The van der Waals surface area contributed by atoms with E-state index in [2.05, 4.69) is 24.1 Å². The first-order chi connectivity index (χ1) is 10.5. The predicted molar refractivity (Wildman–Crippen MR) is 93.1 cm³/mol. The second-order valence-corrected chi connectivity index (χ2v) is 7.76. The van der Waals surface area contributed by atoms with Crippen LogP contribution < -0.4 is 10.1 Å². The molecule has 0 atom stereocenters. The van der Waals surface area contributed by atoms with E-state index in [-0.39, 0.29) is 12.5 Å². The number of nitrogens with zero attached hydrogens (tertiary/aromatic N) is 1. The lowest BCUT2D eigenvalue weighted by atomic mass is 10.2. The molecule has 0 unspecified atom stereocenters. The van der Waals surface area contributed by atoms with Crippen molar-refractivity contribution in [1.82, 2.24) is 10.3 Å². The van der Waals surface area contributed by atoms with E-state index < -0.39 is 0 Å². The maximum Gasteiger partial charge on any atom is 0.257 e. The molecule has 0 aliphatic heterocycles. The molecule has 6 heteroatoms. The van der Waals surface area contributed by atoms with Gasteiger partial charge in [0, 0.05) is 18.0 Å². The van der Waals surface area contributed by atoms with E-state index in [1.807, 2.05) is 24.4 Å². The van der Waals surface area contributed by atoms with Crippen molar-refractivity contribution in [2.24, 2.45) is 5.92 Å². The molecular weight excluding hydrogens is 316 g/mol. The van der Waals surface area contributed by atoms with Crippen LogP contribution in [0.25, 0.3) is 20.3 Å². The fraction of sp³-hybridized carbons (Fsp3) is 0.375. The van der Waals surface area contributed by atoms with Crippen molar-refractivity contribution >= 4 is 48.9 Å². The van der Waals surface area contributed by atoms with Crippen LogP contribution in [0, 0.1) is 12.8 Å². The fourth-order valence-corrected chi connectivity index (χ4v) is 4.05. The second kappa shape index (κ2) is 6.22. The molecule has 3 aromatic rings. The molecule has 0 radical (unpaired) electrons. The van der Waals surface area contributed by atoms with Crippen molar-refractivity contribution in [2.45, 2.75) is 20.8 Å². The minimum atomic E-state index is -0.0855. The molecule has 1 aromatic carbocycles. The van der Waals surface area contributed by atoms with Crippen molar-refractivity contribution in [2.75, 3.05) is 13.2 Å². The third-order valence-corrected chi connectivity index (χ3v) is 5.07. The number of aromatic nitrogens is 1. The standard InChI is InChI=1S/C16H18N2O2S2/c1-9(2)7-17-14(19)8-20-12-6-13-15(18-10(3)22-13)16-11(12)4-5-21-16/h4-6,9H,7-8H2,1-3H3,(H,17,19). The van der Waals surface area contributed by atoms with Gasteiger partial charge in [0.25, 0.3) is 5.91 Å². The Morgan fingerprint density at radius 2 is 2.27 bits per heavy atom. The van der Waals surface area contributed by atoms with E-state index >= 15 is 0 Å². The Labute approximate surface area is 137 Å². The van der Waals surface area contributed by atoms with Crippen molar-refractivity contribution in [3.05, 3.63) is 22.5 Å². The summed E-state index contributed by atoms with van der Waals surface area (Å²) in [5.74, 6) is 1.11. The van der Waals surface area contributed by atoms with Crippen LogP contribution in [0.15, 0.2) is 17.5 Å². The van der Waals surface area contributed by atoms with E-state index in [1.54, 1.807) is 22.7 Å². The highest BCUT2D eigenvalue weighted by Crippen LogP contribution is 2.38. The van der Waals surface area contributed by atoms with Crippen LogP contribution in [0.5, 0.6) is 5.75 Å². The number of aryl methyl sites for hydroxylation is 1. The maximum absolute atomic E-state index is 11.8. The molecule has 1 amide bonds. The van der Waals surface area contributed by atoms with Crippen molar-refractivity contribution in [3.8, 4) is 5.75 Å². The van der Waals surface area contributed by atoms with Gasteiger partial charge in [-0.1, -0.05) is 13.8 Å². The zero-order valence-electron chi connectivity index (χ0n) is 12.8. The van der Waals surface area contributed by atoms with Gasteiger partial charge in [-0.05, 0) is 24.3 Å². The molecule has 2 aromatic heterocycles. The SMILES string of the molecule is Cc1nc2c(cc(OCC(=O)NCC(C)C)c3ccsc32)s1. The Morgan fingerprint density at radius 1 is 1.45 bits per heavy atom. The minimum absolute atomic E-state index is 0.0426. The van der Waals surface area contributed by atoms with Crippen LogP contribution in [-0.4, -0.2) is 24.0 Å². The zero-order chi connectivity index (χ0) is 15.7. The van der Waals surface area contributed by atoms with Crippen LogP contribution in [0.1, 0.15) is 18.9 Å². The van der Waals surface area contributed by atoms with Gasteiger partial charge in [0.1, 0.15) is 5.75 Å². The van der Waals surface area contributed by atoms with Gasteiger partial charge in [-0.15, -0.1) is 22.7 Å². The lowest BCUT2D eigenvalue weighted by Crippen LogP contribution is -2.31. The van der Waals surface area contributed by atoms with E-state index in [0.29, 0.717) is 12.5 Å². The number of thiophene rings is 1. The average molecular weight is 334 g/mol.